The van der Waals surface area contributed by atoms with Gasteiger partial charge >= 0.3 is 0 Å². The average molecular weight is 329 g/mol. The number of nitrogens with one attached hydrogen (secondary N) is 1. The largest absolute Gasteiger partial charge is 0.346 e. The van der Waals surface area contributed by atoms with Crippen molar-refractivity contribution in [1.29, 1.82) is 0 Å². The molecule has 0 aliphatic heterocycles. The van der Waals surface area contributed by atoms with Crippen molar-refractivity contribution in [3.05, 3.63) is 35.9 Å². The number of rotatable bonds is 5. The first-order valence-electron chi connectivity index (χ1n) is 6.70. The molecule has 1 atom stereocenters. The number of nitrogens with zero attached hydrogens (tertiary/aromatic N) is 1. The third kappa shape index (κ3) is 3.50. The molecule has 0 aromatic heterocycles. The van der Waals surface area contributed by atoms with E-state index in [-0.39, 0.29) is 18.4 Å². The van der Waals surface area contributed by atoms with Crippen molar-refractivity contribution in [2.75, 3.05) is 13.6 Å². The van der Waals surface area contributed by atoms with Crippen LogP contribution < -0.4 is 5.32 Å². The monoisotopic (exact) mass is 328 g/mol. The molecule has 0 spiro atoms. The van der Waals surface area contributed by atoms with Gasteiger partial charge in [-0.15, -0.1) is 23.2 Å². The number of benzene rings is 1. The molecule has 0 unspecified atom stereocenters. The molecule has 1 aromatic carbocycles. The van der Waals surface area contributed by atoms with Gasteiger partial charge in [-0.1, -0.05) is 30.3 Å². The summed E-state index contributed by atoms with van der Waals surface area (Å²) < 4.78 is -1.02. The van der Waals surface area contributed by atoms with Crippen molar-refractivity contribution in [3.63, 3.8) is 0 Å². The summed E-state index contributed by atoms with van der Waals surface area (Å²) in [7, 11) is 1.70. The van der Waals surface area contributed by atoms with Gasteiger partial charge in [0.25, 0.3) is 0 Å². The van der Waals surface area contributed by atoms with Crippen LogP contribution in [0.2, 0.25) is 0 Å². The van der Waals surface area contributed by atoms with E-state index in [9.17, 15) is 9.59 Å². The number of hydrogen-bond acceptors (Lipinski definition) is 2. The summed E-state index contributed by atoms with van der Waals surface area (Å²) in [4.78, 5) is 25.6. The van der Waals surface area contributed by atoms with E-state index in [0.717, 1.165) is 5.56 Å². The summed E-state index contributed by atoms with van der Waals surface area (Å²) >= 11 is 11.9. The van der Waals surface area contributed by atoms with Gasteiger partial charge in [0.15, 0.2) is 0 Å². The zero-order chi connectivity index (χ0) is 15.7. The van der Waals surface area contributed by atoms with E-state index in [1.54, 1.807) is 18.9 Å². The van der Waals surface area contributed by atoms with E-state index < -0.39 is 9.75 Å². The Labute approximate surface area is 134 Å². The van der Waals surface area contributed by atoms with Gasteiger partial charge in [0.2, 0.25) is 11.8 Å². The van der Waals surface area contributed by atoms with Crippen LogP contribution in [0.3, 0.4) is 0 Å². The van der Waals surface area contributed by atoms with E-state index in [4.69, 9.17) is 23.2 Å². The Morgan fingerprint density at radius 1 is 1.29 bits per heavy atom. The maximum Gasteiger partial charge on any atom is 0.242 e. The highest BCUT2D eigenvalue weighted by Gasteiger charge is 2.67. The first-order chi connectivity index (χ1) is 9.76. The Morgan fingerprint density at radius 3 is 2.38 bits per heavy atom. The molecule has 1 aliphatic carbocycles. The van der Waals surface area contributed by atoms with Crippen LogP contribution in [0.5, 0.6) is 0 Å². The number of carbonyl (C=O) groups is 2. The quantitative estimate of drug-likeness (QED) is 0.843. The van der Waals surface area contributed by atoms with Crippen LogP contribution >= 0.6 is 23.2 Å². The standard InChI is InChI=1S/C15H18Cl2N2O2/c1-14(10-15(14,16)17)13(21)18-8-12(20)19(2)9-11-6-4-3-5-7-11/h3-7H,8-10H2,1-2H3,(H,18,21)/t14-/m1/s1. The molecule has 2 rings (SSSR count). The summed E-state index contributed by atoms with van der Waals surface area (Å²) in [6, 6.07) is 9.66. The molecule has 0 bridgehead atoms. The molecule has 114 valence electrons. The van der Waals surface area contributed by atoms with Gasteiger partial charge in [0.05, 0.1) is 12.0 Å². The molecule has 21 heavy (non-hydrogen) atoms. The summed E-state index contributed by atoms with van der Waals surface area (Å²) in [6.45, 7) is 2.14. The van der Waals surface area contributed by atoms with Crippen LogP contribution in [-0.2, 0) is 16.1 Å². The van der Waals surface area contributed by atoms with Crippen molar-refractivity contribution in [1.82, 2.24) is 10.2 Å². The van der Waals surface area contributed by atoms with Gasteiger partial charge in [-0.05, 0) is 18.9 Å². The molecule has 1 aliphatic rings. The average Bonchev–Trinajstić information content (AvgIpc) is 2.97. The van der Waals surface area contributed by atoms with Gasteiger partial charge in [-0.25, -0.2) is 0 Å². The third-order valence-corrected chi connectivity index (χ3v) is 4.95. The highest BCUT2D eigenvalue weighted by atomic mass is 35.5. The number of hydrogen-bond donors (Lipinski definition) is 1. The second-order valence-corrected chi connectivity index (χ2v) is 7.12. The van der Waals surface area contributed by atoms with E-state index >= 15 is 0 Å². The summed E-state index contributed by atoms with van der Waals surface area (Å²) in [6.07, 6.45) is 0.406. The fourth-order valence-corrected chi connectivity index (χ4v) is 2.78. The van der Waals surface area contributed by atoms with Crippen LogP contribution in [-0.4, -0.2) is 34.6 Å². The Balaban J connectivity index is 1.81. The molecule has 0 saturated heterocycles. The minimum atomic E-state index is -1.02. The Hall–Kier alpha value is -1.26. The Morgan fingerprint density at radius 2 is 1.86 bits per heavy atom. The van der Waals surface area contributed by atoms with E-state index in [1.807, 2.05) is 30.3 Å². The highest BCUT2D eigenvalue weighted by Crippen LogP contribution is 2.63. The minimum Gasteiger partial charge on any atom is -0.346 e. The number of likely N-dealkylation sites (N-methyl/N-ethyl adjacent to an activating group) is 1. The van der Waals surface area contributed by atoms with E-state index in [0.29, 0.717) is 13.0 Å². The molecule has 4 nitrogen and oxygen atoms in total. The molecule has 6 heteroatoms. The van der Waals surface area contributed by atoms with Crippen molar-refractivity contribution in [3.8, 4) is 0 Å². The maximum atomic E-state index is 12.0. The number of carbonyl (C=O) groups excluding carboxylic acids is 2. The van der Waals surface area contributed by atoms with Crippen molar-refractivity contribution < 1.29 is 9.59 Å². The van der Waals surface area contributed by atoms with Crippen molar-refractivity contribution >= 4 is 35.0 Å². The fraction of sp³-hybridized carbons (Fsp3) is 0.467. The van der Waals surface area contributed by atoms with E-state index in [1.165, 1.54) is 0 Å². The summed E-state index contributed by atoms with van der Waals surface area (Å²) in [5.74, 6) is -0.444. The number of halogens is 2. The molecular weight excluding hydrogens is 311 g/mol. The van der Waals surface area contributed by atoms with Gasteiger partial charge in [-0.3, -0.25) is 9.59 Å². The molecule has 1 saturated carbocycles. The molecule has 1 fully saturated rings. The second-order valence-electron chi connectivity index (χ2n) is 5.63. The number of alkyl halides is 2. The van der Waals surface area contributed by atoms with E-state index in [2.05, 4.69) is 5.32 Å². The van der Waals surface area contributed by atoms with Crippen molar-refractivity contribution in [2.24, 2.45) is 5.41 Å². The van der Waals surface area contributed by atoms with Gasteiger partial charge in [0, 0.05) is 13.6 Å². The van der Waals surface area contributed by atoms with Crippen LogP contribution in [0.25, 0.3) is 0 Å². The lowest BCUT2D eigenvalue weighted by Gasteiger charge is -2.19. The van der Waals surface area contributed by atoms with Gasteiger partial charge in [0.1, 0.15) is 4.33 Å². The van der Waals surface area contributed by atoms with Crippen LogP contribution in [0.4, 0.5) is 0 Å². The van der Waals surface area contributed by atoms with Gasteiger partial charge in [-0.2, -0.15) is 0 Å². The smallest absolute Gasteiger partial charge is 0.242 e. The Bertz CT molecular complexity index is 548. The van der Waals surface area contributed by atoms with Gasteiger partial charge < -0.3 is 10.2 Å². The van der Waals surface area contributed by atoms with Crippen LogP contribution in [0.15, 0.2) is 30.3 Å². The first-order valence-corrected chi connectivity index (χ1v) is 7.46. The highest BCUT2D eigenvalue weighted by molar-refractivity contribution is 6.53. The zero-order valence-electron chi connectivity index (χ0n) is 12.0. The lowest BCUT2D eigenvalue weighted by molar-refractivity contribution is -0.133. The fourth-order valence-electron chi connectivity index (χ4n) is 2.08. The maximum absolute atomic E-state index is 12.0. The molecular formula is C15H18Cl2N2O2. The lowest BCUT2D eigenvalue weighted by Crippen LogP contribution is -2.41. The topological polar surface area (TPSA) is 49.4 Å². The summed E-state index contributed by atoms with van der Waals surface area (Å²) in [5.41, 5.74) is 0.239. The molecule has 1 aromatic rings. The predicted octanol–water partition coefficient (Wildman–Crippen LogP) is 2.35. The third-order valence-electron chi connectivity index (χ3n) is 3.85. The summed E-state index contributed by atoms with van der Waals surface area (Å²) in [5, 5.41) is 2.61. The lowest BCUT2D eigenvalue weighted by atomic mass is 10.1. The first kappa shape index (κ1) is 16.1. The minimum absolute atomic E-state index is 0.0540. The molecule has 0 heterocycles. The van der Waals surface area contributed by atoms with Crippen molar-refractivity contribution in [2.45, 2.75) is 24.2 Å². The zero-order valence-corrected chi connectivity index (χ0v) is 13.5. The molecule has 1 N–H and O–H groups in total. The molecule has 2 amide bonds. The van der Waals surface area contributed by atoms with Crippen LogP contribution in [0.1, 0.15) is 18.9 Å². The molecule has 0 radical (unpaired) electrons. The van der Waals surface area contributed by atoms with Crippen LogP contribution in [0, 0.1) is 5.41 Å². The SMILES string of the molecule is CN(Cc1ccccc1)C(=O)CNC(=O)[C@@]1(C)CC1(Cl)Cl. The normalized spacial score (nSPS) is 22.5. The number of amides is 2. The second kappa shape index (κ2) is 5.85. The Kier molecular flexibility index (Phi) is 4.49. The predicted molar refractivity (Wildman–Crippen MR) is 83.1 cm³/mol.